The fourth-order valence-electron chi connectivity index (χ4n) is 2.78. The zero-order chi connectivity index (χ0) is 13.7. The number of carbonyl (C=O) groups is 1. The van der Waals surface area contributed by atoms with Crippen molar-refractivity contribution < 1.29 is 4.79 Å². The second kappa shape index (κ2) is 8.65. The number of carbonyl (C=O) groups excluding carboxylic acids is 1. The summed E-state index contributed by atoms with van der Waals surface area (Å²) in [4.78, 5) is 12.1. The summed E-state index contributed by atoms with van der Waals surface area (Å²) < 4.78 is 1.08. The molecule has 0 spiro atoms. The summed E-state index contributed by atoms with van der Waals surface area (Å²) in [5.74, 6) is 0.702. The van der Waals surface area contributed by atoms with Crippen LogP contribution in [0, 0.1) is 11.8 Å². The SMILES string of the molecule is Cl.NC[C@H]1CCC[C@H]1C(=O)NCCc1ccc(Br)cc1. The fraction of sp³-hybridized carbons (Fsp3) is 0.533. The fourth-order valence-corrected chi connectivity index (χ4v) is 3.04. The lowest BCUT2D eigenvalue weighted by Crippen LogP contribution is -2.36. The zero-order valence-corrected chi connectivity index (χ0v) is 13.9. The summed E-state index contributed by atoms with van der Waals surface area (Å²) >= 11 is 3.41. The normalized spacial score (nSPS) is 21.3. The van der Waals surface area contributed by atoms with E-state index in [-0.39, 0.29) is 24.2 Å². The first kappa shape index (κ1) is 17.5. The summed E-state index contributed by atoms with van der Waals surface area (Å²) in [5.41, 5.74) is 6.95. The minimum absolute atomic E-state index is 0. The molecule has 20 heavy (non-hydrogen) atoms. The highest BCUT2D eigenvalue weighted by Crippen LogP contribution is 2.30. The average Bonchev–Trinajstić information content (AvgIpc) is 2.89. The van der Waals surface area contributed by atoms with Gasteiger partial charge < -0.3 is 11.1 Å². The smallest absolute Gasteiger partial charge is 0.223 e. The van der Waals surface area contributed by atoms with Gasteiger partial charge >= 0.3 is 0 Å². The van der Waals surface area contributed by atoms with Crippen molar-refractivity contribution in [2.45, 2.75) is 25.7 Å². The molecule has 2 rings (SSSR count). The Morgan fingerprint density at radius 2 is 2.00 bits per heavy atom. The van der Waals surface area contributed by atoms with Crippen LogP contribution in [0.25, 0.3) is 0 Å². The number of nitrogens with one attached hydrogen (secondary N) is 1. The number of nitrogens with two attached hydrogens (primary N) is 1. The van der Waals surface area contributed by atoms with Gasteiger partial charge in [-0.2, -0.15) is 0 Å². The third-order valence-electron chi connectivity index (χ3n) is 3.92. The molecule has 5 heteroatoms. The molecule has 1 fully saturated rings. The van der Waals surface area contributed by atoms with Crippen molar-refractivity contribution in [1.29, 1.82) is 0 Å². The van der Waals surface area contributed by atoms with Gasteiger partial charge in [0.05, 0.1) is 0 Å². The Morgan fingerprint density at radius 3 is 2.65 bits per heavy atom. The highest BCUT2D eigenvalue weighted by atomic mass is 79.9. The molecule has 1 aromatic carbocycles. The average molecular weight is 362 g/mol. The zero-order valence-electron chi connectivity index (χ0n) is 11.5. The van der Waals surface area contributed by atoms with Crippen molar-refractivity contribution in [3.05, 3.63) is 34.3 Å². The maximum Gasteiger partial charge on any atom is 0.223 e. The van der Waals surface area contributed by atoms with Crippen molar-refractivity contribution in [3.63, 3.8) is 0 Å². The van der Waals surface area contributed by atoms with Gasteiger partial charge in [-0.05, 0) is 49.4 Å². The Labute approximate surface area is 135 Å². The van der Waals surface area contributed by atoms with Gasteiger partial charge in [0.25, 0.3) is 0 Å². The van der Waals surface area contributed by atoms with Crippen molar-refractivity contribution >= 4 is 34.2 Å². The van der Waals surface area contributed by atoms with Crippen LogP contribution in [0.2, 0.25) is 0 Å². The van der Waals surface area contributed by atoms with E-state index in [4.69, 9.17) is 5.73 Å². The lowest BCUT2D eigenvalue weighted by atomic mass is 9.95. The monoisotopic (exact) mass is 360 g/mol. The van der Waals surface area contributed by atoms with Crippen LogP contribution >= 0.6 is 28.3 Å². The van der Waals surface area contributed by atoms with E-state index in [0.717, 1.165) is 30.2 Å². The molecule has 0 heterocycles. The second-order valence-electron chi connectivity index (χ2n) is 5.20. The summed E-state index contributed by atoms with van der Waals surface area (Å²) in [6.45, 7) is 1.33. The Kier molecular flexibility index (Phi) is 7.56. The van der Waals surface area contributed by atoms with Crippen molar-refractivity contribution in [1.82, 2.24) is 5.32 Å². The van der Waals surface area contributed by atoms with Crippen molar-refractivity contribution in [2.75, 3.05) is 13.1 Å². The molecule has 0 bridgehead atoms. The summed E-state index contributed by atoms with van der Waals surface area (Å²) in [7, 11) is 0. The first-order valence-electron chi connectivity index (χ1n) is 6.93. The predicted molar refractivity (Wildman–Crippen MR) is 88.0 cm³/mol. The largest absolute Gasteiger partial charge is 0.356 e. The van der Waals surface area contributed by atoms with Gasteiger partial charge in [0.15, 0.2) is 0 Å². The Balaban J connectivity index is 0.00000200. The van der Waals surface area contributed by atoms with Gasteiger partial charge in [-0.1, -0.05) is 34.5 Å². The van der Waals surface area contributed by atoms with E-state index < -0.39 is 0 Å². The molecule has 0 saturated heterocycles. The highest BCUT2D eigenvalue weighted by molar-refractivity contribution is 9.10. The molecule has 2 atom stereocenters. The molecule has 0 radical (unpaired) electrons. The standard InChI is InChI=1S/C15H21BrN2O.ClH/c16-13-6-4-11(5-7-13)8-9-18-15(19)14-3-1-2-12(14)10-17;/h4-7,12,14H,1-3,8-10,17H2,(H,18,19);1H/t12-,14-;/m1./s1. The van der Waals surface area contributed by atoms with Gasteiger partial charge in [-0.3, -0.25) is 4.79 Å². The molecule has 112 valence electrons. The van der Waals surface area contributed by atoms with E-state index >= 15 is 0 Å². The molecule has 1 saturated carbocycles. The van der Waals surface area contributed by atoms with Crippen LogP contribution in [0.5, 0.6) is 0 Å². The minimum Gasteiger partial charge on any atom is -0.356 e. The Morgan fingerprint density at radius 1 is 1.30 bits per heavy atom. The van der Waals surface area contributed by atoms with E-state index in [9.17, 15) is 4.79 Å². The van der Waals surface area contributed by atoms with E-state index in [0.29, 0.717) is 19.0 Å². The Bertz CT molecular complexity index is 424. The molecule has 1 aliphatic carbocycles. The molecule has 1 amide bonds. The Hall–Kier alpha value is -0.580. The summed E-state index contributed by atoms with van der Waals surface area (Å²) in [5, 5.41) is 3.05. The van der Waals surface area contributed by atoms with Gasteiger partial charge in [0, 0.05) is 16.9 Å². The van der Waals surface area contributed by atoms with Crippen LogP contribution < -0.4 is 11.1 Å². The van der Waals surface area contributed by atoms with Gasteiger partial charge in [-0.15, -0.1) is 12.4 Å². The number of hydrogen-bond acceptors (Lipinski definition) is 2. The van der Waals surface area contributed by atoms with Crippen LogP contribution in [-0.2, 0) is 11.2 Å². The molecule has 3 N–H and O–H groups in total. The number of amides is 1. The molecular formula is C15H22BrClN2O. The topological polar surface area (TPSA) is 55.1 Å². The minimum atomic E-state index is 0. The van der Waals surface area contributed by atoms with E-state index in [1.54, 1.807) is 0 Å². The van der Waals surface area contributed by atoms with Crippen LogP contribution in [0.4, 0.5) is 0 Å². The number of halogens is 2. The van der Waals surface area contributed by atoms with Crippen LogP contribution in [0.3, 0.4) is 0 Å². The highest BCUT2D eigenvalue weighted by Gasteiger charge is 2.31. The lowest BCUT2D eigenvalue weighted by molar-refractivity contribution is -0.125. The number of benzene rings is 1. The number of hydrogen-bond donors (Lipinski definition) is 2. The second-order valence-corrected chi connectivity index (χ2v) is 6.12. The molecular weight excluding hydrogens is 340 g/mol. The molecule has 1 aromatic rings. The maximum absolute atomic E-state index is 12.1. The van der Waals surface area contributed by atoms with E-state index in [1.165, 1.54) is 5.56 Å². The van der Waals surface area contributed by atoms with Gasteiger partial charge in [-0.25, -0.2) is 0 Å². The third kappa shape index (κ3) is 4.76. The van der Waals surface area contributed by atoms with Crippen LogP contribution in [-0.4, -0.2) is 19.0 Å². The third-order valence-corrected chi connectivity index (χ3v) is 4.45. The number of rotatable bonds is 5. The molecule has 3 nitrogen and oxygen atoms in total. The van der Waals surface area contributed by atoms with Crippen LogP contribution in [0.1, 0.15) is 24.8 Å². The van der Waals surface area contributed by atoms with Gasteiger partial charge in [0.2, 0.25) is 5.91 Å². The van der Waals surface area contributed by atoms with Crippen molar-refractivity contribution in [2.24, 2.45) is 17.6 Å². The molecule has 0 aromatic heterocycles. The first-order chi connectivity index (χ1) is 9.20. The quantitative estimate of drug-likeness (QED) is 0.847. The first-order valence-corrected chi connectivity index (χ1v) is 7.72. The van der Waals surface area contributed by atoms with E-state index in [1.807, 2.05) is 12.1 Å². The lowest BCUT2D eigenvalue weighted by Gasteiger charge is -2.17. The molecule has 1 aliphatic rings. The van der Waals surface area contributed by atoms with Crippen LogP contribution in [0.15, 0.2) is 28.7 Å². The maximum atomic E-state index is 12.1. The predicted octanol–water partition coefficient (Wildman–Crippen LogP) is 2.90. The van der Waals surface area contributed by atoms with Gasteiger partial charge in [0.1, 0.15) is 0 Å². The van der Waals surface area contributed by atoms with Crippen molar-refractivity contribution in [3.8, 4) is 0 Å². The van der Waals surface area contributed by atoms with E-state index in [2.05, 4.69) is 33.4 Å². The summed E-state index contributed by atoms with van der Waals surface area (Å²) in [6, 6.07) is 8.21. The molecule has 0 aliphatic heterocycles. The summed E-state index contributed by atoms with van der Waals surface area (Å²) in [6.07, 6.45) is 4.10. The molecule has 0 unspecified atom stereocenters.